The third-order valence-corrected chi connectivity index (χ3v) is 9.50. The first-order valence-corrected chi connectivity index (χ1v) is 9.72. The standard InChI is InChI=1S/C17H32P/c1-4-17(2,3)18(15-11-7-5-8-12-15)16-13-9-6-10-14-16/h4,15-16H,5-14H2,1-3H3. The minimum absolute atomic E-state index is 0.204. The van der Waals surface area contributed by atoms with Crippen LogP contribution in [0.25, 0.3) is 0 Å². The van der Waals surface area contributed by atoms with Crippen molar-refractivity contribution in [2.75, 3.05) is 0 Å². The van der Waals surface area contributed by atoms with Crippen molar-refractivity contribution in [1.29, 1.82) is 0 Å². The smallest absolute Gasteiger partial charge is 0.0118 e. The van der Waals surface area contributed by atoms with Gasteiger partial charge in [-0.3, -0.25) is 0 Å². The molecule has 0 aromatic heterocycles. The van der Waals surface area contributed by atoms with Crippen LogP contribution in [0.15, 0.2) is 0 Å². The maximum atomic E-state index is 2.53. The molecule has 105 valence electrons. The Morgan fingerprint density at radius 2 is 1.17 bits per heavy atom. The summed E-state index contributed by atoms with van der Waals surface area (Å²) in [6.07, 6.45) is 17.7. The summed E-state index contributed by atoms with van der Waals surface area (Å²) in [5.41, 5.74) is 2.17. The minimum atomic E-state index is 0.204. The monoisotopic (exact) mass is 267 g/mol. The van der Waals surface area contributed by atoms with Gasteiger partial charge in [-0.1, -0.05) is 67.2 Å². The minimum Gasteiger partial charge on any atom is -0.0942 e. The van der Waals surface area contributed by atoms with E-state index in [1.807, 2.05) is 0 Å². The largest absolute Gasteiger partial charge is 0.0942 e. The Hall–Kier alpha value is 0.430. The third-order valence-electron chi connectivity index (χ3n) is 5.31. The van der Waals surface area contributed by atoms with Gasteiger partial charge in [-0.05, 0) is 48.6 Å². The summed E-state index contributed by atoms with van der Waals surface area (Å²) in [6.45, 7) is 7.37. The van der Waals surface area contributed by atoms with Gasteiger partial charge < -0.3 is 0 Å². The summed E-state index contributed by atoms with van der Waals surface area (Å²) in [7, 11) is 0.204. The van der Waals surface area contributed by atoms with Crippen LogP contribution in [0.4, 0.5) is 0 Å². The second kappa shape index (κ2) is 6.74. The maximum absolute atomic E-state index is 2.53. The molecule has 2 rings (SSSR count). The van der Waals surface area contributed by atoms with Crippen molar-refractivity contribution in [3.63, 3.8) is 0 Å². The van der Waals surface area contributed by atoms with Crippen LogP contribution in [-0.4, -0.2) is 16.5 Å². The quantitative estimate of drug-likeness (QED) is 0.537. The number of rotatable bonds is 4. The lowest BCUT2D eigenvalue weighted by Crippen LogP contribution is -2.32. The summed E-state index contributed by atoms with van der Waals surface area (Å²) >= 11 is 0. The first-order chi connectivity index (χ1) is 8.65. The summed E-state index contributed by atoms with van der Waals surface area (Å²) < 4.78 is 0. The van der Waals surface area contributed by atoms with E-state index in [4.69, 9.17) is 0 Å². The fourth-order valence-corrected chi connectivity index (χ4v) is 8.73. The van der Waals surface area contributed by atoms with Crippen molar-refractivity contribution in [3.8, 4) is 0 Å². The van der Waals surface area contributed by atoms with E-state index >= 15 is 0 Å². The average Bonchev–Trinajstić information content (AvgIpc) is 2.41. The fourth-order valence-electron chi connectivity index (χ4n) is 4.11. The predicted molar refractivity (Wildman–Crippen MR) is 84.7 cm³/mol. The first-order valence-electron chi connectivity index (χ1n) is 8.24. The molecule has 0 unspecified atom stereocenters. The molecule has 0 aromatic rings. The lowest BCUT2D eigenvalue weighted by molar-refractivity contribution is 0.477. The van der Waals surface area contributed by atoms with Crippen LogP contribution in [0.3, 0.4) is 0 Å². The molecule has 1 heteroatoms. The molecule has 1 radical (unpaired) electrons. The SMILES string of the molecule is C[CH]C(C)(C)P(C1CCCCC1)C1CCCCC1. The molecule has 0 amide bonds. The van der Waals surface area contributed by atoms with E-state index in [0.717, 1.165) is 11.3 Å². The van der Waals surface area contributed by atoms with E-state index < -0.39 is 0 Å². The van der Waals surface area contributed by atoms with Gasteiger partial charge in [0.2, 0.25) is 0 Å². The molecule has 0 saturated heterocycles. The van der Waals surface area contributed by atoms with Gasteiger partial charge >= 0.3 is 0 Å². The van der Waals surface area contributed by atoms with Gasteiger partial charge in [-0.15, -0.1) is 0 Å². The highest BCUT2D eigenvalue weighted by Crippen LogP contribution is 2.64. The maximum Gasteiger partial charge on any atom is -0.0118 e. The lowest BCUT2D eigenvalue weighted by Gasteiger charge is -2.47. The van der Waals surface area contributed by atoms with Gasteiger partial charge in [-0.25, -0.2) is 0 Å². The molecule has 0 spiro atoms. The van der Waals surface area contributed by atoms with Crippen molar-refractivity contribution in [2.24, 2.45) is 0 Å². The topological polar surface area (TPSA) is 0 Å². The van der Waals surface area contributed by atoms with E-state index in [1.54, 1.807) is 25.7 Å². The van der Waals surface area contributed by atoms with Crippen molar-refractivity contribution >= 4 is 7.92 Å². The van der Waals surface area contributed by atoms with E-state index in [1.165, 1.54) is 38.5 Å². The molecule has 0 aliphatic heterocycles. The van der Waals surface area contributed by atoms with Crippen LogP contribution in [0.2, 0.25) is 0 Å². The zero-order valence-corrected chi connectivity index (χ0v) is 13.6. The summed E-state index contributed by atoms with van der Waals surface area (Å²) in [5, 5.41) is 0.513. The molecule has 0 aromatic carbocycles. The highest BCUT2D eigenvalue weighted by molar-refractivity contribution is 7.61. The summed E-state index contributed by atoms with van der Waals surface area (Å²) in [6, 6.07) is 0. The Balaban J connectivity index is 2.10. The highest BCUT2D eigenvalue weighted by atomic mass is 31.1. The molecule has 2 saturated carbocycles. The van der Waals surface area contributed by atoms with Gasteiger partial charge in [0.25, 0.3) is 0 Å². The van der Waals surface area contributed by atoms with Gasteiger partial charge in [0, 0.05) is 0 Å². The molecular formula is C17H32P. The zero-order chi connectivity index (χ0) is 13.0. The zero-order valence-electron chi connectivity index (χ0n) is 12.8. The second-order valence-electron chi connectivity index (χ2n) is 6.93. The molecule has 0 nitrogen and oxygen atoms in total. The molecule has 2 aliphatic carbocycles. The number of hydrogen-bond donors (Lipinski definition) is 0. The van der Waals surface area contributed by atoms with Crippen molar-refractivity contribution in [3.05, 3.63) is 6.42 Å². The highest BCUT2D eigenvalue weighted by Gasteiger charge is 2.39. The molecular weight excluding hydrogens is 235 g/mol. The molecule has 2 fully saturated rings. The molecule has 2 aliphatic rings. The Kier molecular flexibility index (Phi) is 5.55. The fraction of sp³-hybridized carbons (Fsp3) is 0.941. The molecule has 0 atom stereocenters. The van der Waals surface area contributed by atoms with Crippen molar-refractivity contribution < 1.29 is 0 Å². The van der Waals surface area contributed by atoms with E-state index in [0.29, 0.717) is 5.16 Å². The van der Waals surface area contributed by atoms with Gasteiger partial charge in [-0.2, -0.15) is 0 Å². The van der Waals surface area contributed by atoms with Crippen molar-refractivity contribution in [1.82, 2.24) is 0 Å². The van der Waals surface area contributed by atoms with Gasteiger partial charge in [0.15, 0.2) is 0 Å². The van der Waals surface area contributed by atoms with E-state index in [-0.39, 0.29) is 7.92 Å². The Morgan fingerprint density at radius 1 is 0.778 bits per heavy atom. The molecule has 0 bridgehead atoms. The second-order valence-corrected chi connectivity index (χ2v) is 10.4. The van der Waals surface area contributed by atoms with Crippen LogP contribution in [0.1, 0.15) is 85.0 Å². The normalized spacial score (nSPS) is 24.7. The average molecular weight is 267 g/mol. The van der Waals surface area contributed by atoms with Crippen molar-refractivity contribution in [2.45, 2.75) is 101 Å². The lowest BCUT2D eigenvalue weighted by atomic mass is 9.99. The predicted octanol–water partition coefficient (Wildman–Crippen LogP) is 6.14. The van der Waals surface area contributed by atoms with Gasteiger partial charge in [0.1, 0.15) is 0 Å². The van der Waals surface area contributed by atoms with Gasteiger partial charge in [0.05, 0.1) is 0 Å². The Labute approximate surface area is 116 Å². The van der Waals surface area contributed by atoms with Crippen LogP contribution in [0, 0.1) is 6.42 Å². The van der Waals surface area contributed by atoms with E-state index in [2.05, 4.69) is 27.2 Å². The van der Waals surface area contributed by atoms with Crippen LogP contribution < -0.4 is 0 Å². The molecule has 0 heterocycles. The van der Waals surface area contributed by atoms with Crippen LogP contribution in [0.5, 0.6) is 0 Å². The molecule has 18 heavy (non-hydrogen) atoms. The number of hydrogen-bond acceptors (Lipinski definition) is 0. The van der Waals surface area contributed by atoms with Crippen LogP contribution in [-0.2, 0) is 0 Å². The summed E-state index contributed by atoms with van der Waals surface area (Å²) in [4.78, 5) is 0. The summed E-state index contributed by atoms with van der Waals surface area (Å²) in [5.74, 6) is 0. The van der Waals surface area contributed by atoms with Crippen LogP contribution >= 0.6 is 7.92 Å². The Bertz CT molecular complexity index is 216. The molecule has 0 N–H and O–H groups in total. The Morgan fingerprint density at radius 3 is 1.50 bits per heavy atom. The van der Waals surface area contributed by atoms with E-state index in [9.17, 15) is 0 Å². The third kappa shape index (κ3) is 3.50. The first kappa shape index (κ1) is 14.8.